The highest BCUT2D eigenvalue weighted by atomic mass is 35.5. The van der Waals surface area contributed by atoms with E-state index in [1.165, 1.54) is 13.4 Å². The zero-order valence-electron chi connectivity index (χ0n) is 5.47. The van der Waals surface area contributed by atoms with Gasteiger partial charge in [-0.25, -0.2) is 4.99 Å². The molecule has 0 amide bonds. The Hall–Kier alpha value is -0.570. The Kier molecular flexibility index (Phi) is 5.21. The minimum atomic E-state index is 0.280. The molecule has 0 fully saturated rings. The van der Waals surface area contributed by atoms with Gasteiger partial charge in [0, 0.05) is 7.05 Å². The first-order valence-corrected chi connectivity index (χ1v) is 2.95. The van der Waals surface area contributed by atoms with Crippen LogP contribution in [0.15, 0.2) is 9.98 Å². The van der Waals surface area contributed by atoms with Crippen molar-refractivity contribution in [2.45, 2.75) is 0 Å². The quantitative estimate of drug-likeness (QED) is 0.326. The van der Waals surface area contributed by atoms with Gasteiger partial charge >= 0.3 is 0 Å². The maximum Gasteiger partial charge on any atom is 0.204 e. The molecule has 0 aromatic carbocycles. The van der Waals surface area contributed by atoms with Crippen LogP contribution in [0.2, 0.25) is 0 Å². The van der Waals surface area contributed by atoms with Crippen LogP contribution in [0.5, 0.6) is 0 Å². The summed E-state index contributed by atoms with van der Waals surface area (Å²) in [6.45, 7) is 0. The van der Waals surface area contributed by atoms with Gasteiger partial charge in [0.05, 0.1) is 13.0 Å². The van der Waals surface area contributed by atoms with Crippen molar-refractivity contribution in [3.8, 4) is 0 Å². The van der Waals surface area contributed by atoms with E-state index in [1.807, 2.05) is 0 Å². The lowest BCUT2D eigenvalue weighted by molar-refractivity contribution is 0.402. The normalized spacial score (nSPS) is 12.6. The highest BCUT2D eigenvalue weighted by Gasteiger charge is 1.89. The monoisotopic (exact) mass is 148 g/mol. The number of ether oxygens (including phenoxy) is 1. The second kappa shape index (κ2) is 5.56. The molecule has 0 rings (SSSR count). The lowest BCUT2D eigenvalue weighted by Gasteiger charge is -1.94. The summed E-state index contributed by atoms with van der Waals surface area (Å²) in [4.78, 5) is 7.37. The molecule has 9 heavy (non-hydrogen) atoms. The third-order valence-corrected chi connectivity index (χ3v) is 0.896. The second-order valence-electron chi connectivity index (χ2n) is 1.23. The highest BCUT2D eigenvalue weighted by molar-refractivity contribution is 6.27. The van der Waals surface area contributed by atoms with Crippen LogP contribution >= 0.6 is 11.6 Å². The van der Waals surface area contributed by atoms with E-state index in [1.54, 1.807) is 7.05 Å². The smallest absolute Gasteiger partial charge is 0.204 e. The van der Waals surface area contributed by atoms with E-state index in [0.717, 1.165) is 0 Å². The lowest BCUT2D eigenvalue weighted by Crippen LogP contribution is -2.02. The van der Waals surface area contributed by atoms with Crippen molar-refractivity contribution >= 4 is 23.8 Å². The predicted octanol–water partition coefficient (Wildman–Crippen LogP) is 0.928. The molecule has 0 aromatic heterocycles. The Labute approximate surface area is 59.4 Å². The molecule has 52 valence electrons. The van der Waals surface area contributed by atoms with Crippen molar-refractivity contribution in [2.75, 3.05) is 20.0 Å². The van der Waals surface area contributed by atoms with Gasteiger partial charge in [-0.1, -0.05) is 0 Å². The molecule has 0 aromatic rings. The van der Waals surface area contributed by atoms with Crippen molar-refractivity contribution in [2.24, 2.45) is 9.98 Å². The van der Waals surface area contributed by atoms with Crippen LogP contribution in [-0.4, -0.2) is 32.3 Å². The standard InChI is InChI=1S/C5H9ClN2O/c1-7-4-8-5(3-6)9-2/h4H,3H2,1-2H3/b7-4-,8-5+. The molecule has 0 heterocycles. The molecule has 0 aliphatic heterocycles. The first-order chi connectivity index (χ1) is 4.35. The van der Waals surface area contributed by atoms with Crippen LogP contribution < -0.4 is 0 Å². The number of halogens is 1. The SMILES string of the molecule is C/N=C\N=C(/CCl)OC. The summed E-state index contributed by atoms with van der Waals surface area (Å²) in [7, 11) is 3.15. The largest absolute Gasteiger partial charge is 0.483 e. The van der Waals surface area contributed by atoms with Gasteiger partial charge in [0.1, 0.15) is 6.34 Å². The predicted molar refractivity (Wildman–Crippen MR) is 39.6 cm³/mol. The van der Waals surface area contributed by atoms with Crippen molar-refractivity contribution in [1.29, 1.82) is 0 Å². The molecule has 0 spiro atoms. The lowest BCUT2D eigenvalue weighted by atomic mass is 10.8. The van der Waals surface area contributed by atoms with E-state index >= 15 is 0 Å². The fourth-order valence-electron chi connectivity index (χ4n) is 0.264. The number of hydrogen-bond acceptors (Lipinski definition) is 2. The molecule has 0 saturated carbocycles. The Morgan fingerprint density at radius 1 is 1.78 bits per heavy atom. The minimum Gasteiger partial charge on any atom is -0.483 e. The van der Waals surface area contributed by atoms with Crippen molar-refractivity contribution in [1.82, 2.24) is 0 Å². The Morgan fingerprint density at radius 2 is 2.44 bits per heavy atom. The molecule has 4 heteroatoms. The summed E-state index contributed by atoms with van der Waals surface area (Å²) in [6.07, 6.45) is 1.39. The second-order valence-corrected chi connectivity index (χ2v) is 1.50. The molecule has 3 nitrogen and oxygen atoms in total. The summed E-state index contributed by atoms with van der Waals surface area (Å²) < 4.78 is 4.73. The fourth-order valence-corrected chi connectivity index (χ4v) is 0.442. The molecule has 0 unspecified atom stereocenters. The van der Waals surface area contributed by atoms with Crippen molar-refractivity contribution in [3.05, 3.63) is 0 Å². The first-order valence-electron chi connectivity index (χ1n) is 2.42. The summed E-state index contributed by atoms with van der Waals surface area (Å²) in [5, 5.41) is 0. The van der Waals surface area contributed by atoms with Gasteiger partial charge in [-0.15, -0.1) is 11.6 Å². The fraction of sp³-hybridized carbons (Fsp3) is 0.600. The maximum atomic E-state index is 5.39. The summed E-state index contributed by atoms with van der Waals surface area (Å²) in [5.41, 5.74) is 0. The third-order valence-electron chi connectivity index (χ3n) is 0.667. The first kappa shape index (κ1) is 8.43. The Balaban J connectivity index is 3.75. The van der Waals surface area contributed by atoms with E-state index < -0.39 is 0 Å². The Morgan fingerprint density at radius 3 is 2.78 bits per heavy atom. The molecular weight excluding hydrogens is 140 g/mol. The number of rotatable bonds is 2. The van der Waals surface area contributed by atoms with Crippen LogP contribution in [0.4, 0.5) is 0 Å². The van der Waals surface area contributed by atoms with E-state index in [2.05, 4.69) is 9.98 Å². The van der Waals surface area contributed by atoms with Crippen molar-refractivity contribution in [3.63, 3.8) is 0 Å². The van der Waals surface area contributed by atoms with E-state index in [4.69, 9.17) is 16.3 Å². The zero-order chi connectivity index (χ0) is 7.11. The molecule has 0 atom stereocenters. The van der Waals surface area contributed by atoms with Crippen LogP contribution in [0.25, 0.3) is 0 Å². The van der Waals surface area contributed by atoms with Gasteiger partial charge in [0.25, 0.3) is 0 Å². The maximum absolute atomic E-state index is 5.39. The number of nitrogens with zero attached hydrogens (tertiary/aromatic N) is 2. The number of aliphatic imine (C=N–C) groups is 2. The van der Waals surface area contributed by atoms with Gasteiger partial charge in [0.15, 0.2) is 0 Å². The molecule has 0 radical (unpaired) electrons. The van der Waals surface area contributed by atoms with Gasteiger partial charge in [0.2, 0.25) is 5.90 Å². The van der Waals surface area contributed by atoms with E-state index in [-0.39, 0.29) is 5.88 Å². The average molecular weight is 149 g/mol. The topological polar surface area (TPSA) is 34.0 Å². The van der Waals surface area contributed by atoms with Crippen LogP contribution in [0.1, 0.15) is 0 Å². The zero-order valence-corrected chi connectivity index (χ0v) is 6.22. The third kappa shape index (κ3) is 3.97. The molecule has 0 aliphatic rings. The summed E-state index contributed by atoms with van der Waals surface area (Å²) in [6, 6.07) is 0. The van der Waals surface area contributed by atoms with Crippen LogP contribution in [0, 0.1) is 0 Å². The average Bonchev–Trinajstić information content (AvgIpc) is 1.91. The van der Waals surface area contributed by atoms with Crippen molar-refractivity contribution < 1.29 is 4.74 Å². The van der Waals surface area contributed by atoms with Gasteiger partial charge in [-0.2, -0.15) is 0 Å². The summed E-state index contributed by atoms with van der Waals surface area (Å²) >= 11 is 5.39. The molecule has 0 bridgehead atoms. The minimum absolute atomic E-state index is 0.280. The highest BCUT2D eigenvalue weighted by Crippen LogP contribution is 1.82. The van der Waals surface area contributed by atoms with Crippen LogP contribution in [-0.2, 0) is 4.74 Å². The molecular formula is C5H9ClN2O. The van der Waals surface area contributed by atoms with Gasteiger partial charge < -0.3 is 4.74 Å². The number of methoxy groups -OCH3 is 1. The summed E-state index contributed by atoms with van der Waals surface area (Å²) in [5.74, 6) is 0.755. The van der Waals surface area contributed by atoms with E-state index in [9.17, 15) is 0 Å². The van der Waals surface area contributed by atoms with Crippen LogP contribution in [0.3, 0.4) is 0 Å². The number of alkyl halides is 1. The Bertz CT molecular complexity index is 116. The molecule has 0 aliphatic carbocycles. The van der Waals surface area contributed by atoms with E-state index in [0.29, 0.717) is 5.90 Å². The molecule has 0 saturated heterocycles. The van der Waals surface area contributed by atoms with Gasteiger partial charge in [-0.05, 0) is 0 Å². The molecule has 0 N–H and O–H groups in total. The number of hydrogen-bond donors (Lipinski definition) is 0. The van der Waals surface area contributed by atoms with Gasteiger partial charge in [-0.3, -0.25) is 4.99 Å².